The van der Waals surface area contributed by atoms with Gasteiger partial charge in [-0.2, -0.15) is 5.10 Å². The molecule has 1 aliphatic rings. The number of hydrogen-bond donors (Lipinski definition) is 1. The van der Waals surface area contributed by atoms with Crippen molar-refractivity contribution in [1.29, 1.82) is 0 Å². The van der Waals surface area contributed by atoms with Gasteiger partial charge in [-0.15, -0.1) is 0 Å². The van der Waals surface area contributed by atoms with Gasteiger partial charge < -0.3 is 10.1 Å². The first kappa shape index (κ1) is 13.2. The number of nitrogens with zero attached hydrogens (tertiary/aromatic N) is 2. The molecule has 106 valence electrons. The Hall–Kier alpha value is -1.81. The van der Waals surface area contributed by atoms with E-state index in [0.29, 0.717) is 0 Å². The number of benzene rings is 1. The van der Waals surface area contributed by atoms with Gasteiger partial charge in [0.2, 0.25) is 0 Å². The fourth-order valence-electron chi connectivity index (χ4n) is 2.15. The van der Waals surface area contributed by atoms with Crippen molar-refractivity contribution in [3.8, 4) is 11.5 Å². The van der Waals surface area contributed by atoms with Gasteiger partial charge in [-0.05, 0) is 37.0 Å². The predicted octanol–water partition coefficient (Wildman–Crippen LogP) is 3.34. The Balaban J connectivity index is 1.61. The molecule has 4 heteroatoms. The van der Waals surface area contributed by atoms with Crippen LogP contribution in [0, 0.1) is 0 Å². The molecule has 0 aliphatic heterocycles. The highest BCUT2D eigenvalue weighted by Crippen LogP contribution is 2.23. The molecule has 1 N–H and O–H groups in total. The maximum Gasteiger partial charge on any atom is 0.165 e. The lowest BCUT2D eigenvalue weighted by atomic mass is 10.2. The molecule has 1 aromatic heterocycles. The van der Waals surface area contributed by atoms with Crippen LogP contribution in [0.25, 0.3) is 0 Å². The molecule has 1 fully saturated rings. The molecule has 0 bridgehead atoms. The number of nitrogens with one attached hydrogen (secondary N) is 1. The highest BCUT2D eigenvalue weighted by atomic mass is 16.5. The number of ether oxygens (including phenoxy) is 1. The van der Waals surface area contributed by atoms with E-state index >= 15 is 0 Å². The number of hydrogen-bond acceptors (Lipinski definition) is 3. The van der Waals surface area contributed by atoms with Crippen LogP contribution in [0.4, 0.5) is 0 Å². The van der Waals surface area contributed by atoms with Gasteiger partial charge in [0.05, 0.1) is 12.4 Å². The second kappa shape index (κ2) is 6.09. The van der Waals surface area contributed by atoms with Crippen molar-refractivity contribution in [1.82, 2.24) is 15.1 Å². The van der Waals surface area contributed by atoms with Crippen LogP contribution in [0.1, 0.15) is 31.7 Å². The lowest BCUT2D eigenvalue weighted by Gasteiger charge is -2.06. The van der Waals surface area contributed by atoms with Crippen LogP contribution >= 0.6 is 0 Å². The minimum Gasteiger partial charge on any atom is -0.454 e. The summed E-state index contributed by atoms with van der Waals surface area (Å²) in [6, 6.07) is 8.97. The van der Waals surface area contributed by atoms with Gasteiger partial charge in [-0.1, -0.05) is 19.1 Å². The summed E-state index contributed by atoms with van der Waals surface area (Å²) in [6.45, 7) is 3.98. The van der Waals surface area contributed by atoms with Crippen LogP contribution in [0.5, 0.6) is 11.5 Å². The molecule has 2 aromatic rings. The molecular weight excluding hydrogens is 250 g/mol. The van der Waals surface area contributed by atoms with Crippen LogP contribution in [0.3, 0.4) is 0 Å². The van der Waals surface area contributed by atoms with Gasteiger partial charge in [0, 0.05) is 19.1 Å². The van der Waals surface area contributed by atoms with Crippen LogP contribution in [-0.4, -0.2) is 15.8 Å². The molecule has 1 aromatic carbocycles. The van der Waals surface area contributed by atoms with Gasteiger partial charge >= 0.3 is 0 Å². The number of aromatic nitrogens is 2. The van der Waals surface area contributed by atoms with Gasteiger partial charge in [0.1, 0.15) is 5.75 Å². The second-order valence-corrected chi connectivity index (χ2v) is 5.34. The fourth-order valence-corrected chi connectivity index (χ4v) is 2.15. The zero-order chi connectivity index (χ0) is 13.8. The summed E-state index contributed by atoms with van der Waals surface area (Å²) in [5.74, 6) is 1.67. The summed E-state index contributed by atoms with van der Waals surface area (Å²) in [5, 5.41) is 7.78. The molecule has 1 heterocycles. The molecular formula is C16H21N3O. The normalized spacial score (nSPS) is 14.4. The first-order valence-electron chi connectivity index (χ1n) is 7.36. The molecule has 3 rings (SSSR count). The Morgan fingerprint density at radius 3 is 3.05 bits per heavy atom. The van der Waals surface area contributed by atoms with Crippen molar-refractivity contribution in [2.75, 3.05) is 0 Å². The highest BCUT2D eigenvalue weighted by molar-refractivity contribution is 5.32. The minimum atomic E-state index is 0.729. The molecule has 0 radical (unpaired) electrons. The van der Waals surface area contributed by atoms with Gasteiger partial charge in [0.25, 0.3) is 0 Å². The summed E-state index contributed by atoms with van der Waals surface area (Å²) in [4.78, 5) is 0. The maximum absolute atomic E-state index is 5.86. The van der Waals surface area contributed by atoms with Crippen LogP contribution in [0.2, 0.25) is 0 Å². The highest BCUT2D eigenvalue weighted by Gasteiger charge is 2.19. The number of aryl methyl sites for hydroxylation is 1. The molecule has 0 amide bonds. The van der Waals surface area contributed by atoms with Crippen LogP contribution < -0.4 is 10.1 Å². The largest absolute Gasteiger partial charge is 0.454 e. The van der Waals surface area contributed by atoms with Crippen molar-refractivity contribution < 1.29 is 4.74 Å². The van der Waals surface area contributed by atoms with Crippen molar-refractivity contribution in [3.63, 3.8) is 0 Å². The van der Waals surface area contributed by atoms with E-state index < -0.39 is 0 Å². The van der Waals surface area contributed by atoms with E-state index in [1.165, 1.54) is 18.4 Å². The maximum atomic E-state index is 5.86. The van der Waals surface area contributed by atoms with Gasteiger partial charge in [0.15, 0.2) is 5.75 Å². The monoisotopic (exact) mass is 271 g/mol. The lowest BCUT2D eigenvalue weighted by molar-refractivity contribution is 0.479. The Morgan fingerprint density at radius 1 is 1.35 bits per heavy atom. The Kier molecular flexibility index (Phi) is 4.02. The summed E-state index contributed by atoms with van der Waals surface area (Å²) >= 11 is 0. The Morgan fingerprint density at radius 2 is 2.25 bits per heavy atom. The molecule has 0 saturated heterocycles. The van der Waals surface area contributed by atoms with Crippen LogP contribution in [0.15, 0.2) is 36.7 Å². The average Bonchev–Trinajstić information content (AvgIpc) is 3.19. The SMILES string of the molecule is CCCn1cc(Oc2cccc(CNC3CC3)c2)cn1. The lowest BCUT2D eigenvalue weighted by Crippen LogP contribution is -2.15. The molecule has 1 aliphatic carbocycles. The van der Waals surface area contributed by atoms with E-state index in [1.54, 1.807) is 6.20 Å². The third kappa shape index (κ3) is 3.61. The first-order valence-corrected chi connectivity index (χ1v) is 7.36. The van der Waals surface area contributed by atoms with Crippen molar-refractivity contribution in [3.05, 3.63) is 42.2 Å². The topological polar surface area (TPSA) is 39.1 Å². The Labute approximate surface area is 119 Å². The molecule has 20 heavy (non-hydrogen) atoms. The molecule has 4 nitrogen and oxygen atoms in total. The molecule has 0 spiro atoms. The molecule has 0 atom stereocenters. The number of rotatable bonds is 7. The zero-order valence-electron chi connectivity index (χ0n) is 11.9. The summed E-state index contributed by atoms with van der Waals surface area (Å²) in [5.41, 5.74) is 1.26. The summed E-state index contributed by atoms with van der Waals surface area (Å²) in [7, 11) is 0. The Bertz CT molecular complexity index is 560. The van der Waals surface area contributed by atoms with Crippen LogP contribution in [-0.2, 0) is 13.1 Å². The van der Waals surface area contributed by atoms with Crippen molar-refractivity contribution in [2.45, 2.75) is 45.3 Å². The van der Waals surface area contributed by atoms with E-state index in [-0.39, 0.29) is 0 Å². The van der Waals surface area contributed by atoms with E-state index in [0.717, 1.165) is 37.1 Å². The fraction of sp³-hybridized carbons (Fsp3) is 0.438. The quantitative estimate of drug-likeness (QED) is 0.839. The molecule has 1 saturated carbocycles. The molecule has 0 unspecified atom stereocenters. The minimum absolute atomic E-state index is 0.729. The standard InChI is InChI=1S/C16H21N3O/c1-2-8-19-12-16(11-18-19)20-15-5-3-4-13(9-15)10-17-14-6-7-14/h3-5,9,11-12,14,17H,2,6-8,10H2,1H3. The zero-order valence-corrected chi connectivity index (χ0v) is 11.9. The van der Waals surface area contributed by atoms with E-state index in [2.05, 4.69) is 29.5 Å². The van der Waals surface area contributed by atoms with E-state index in [9.17, 15) is 0 Å². The van der Waals surface area contributed by atoms with E-state index in [4.69, 9.17) is 4.74 Å². The third-order valence-corrected chi connectivity index (χ3v) is 3.37. The van der Waals surface area contributed by atoms with Crippen molar-refractivity contribution >= 4 is 0 Å². The van der Waals surface area contributed by atoms with Gasteiger partial charge in [-0.3, -0.25) is 4.68 Å². The van der Waals surface area contributed by atoms with Crippen molar-refractivity contribution in [2.24, 2.45) is 0 Å². The van der Waals surface area contributed by atoms with E-state index in [1.807, 2.05) is 23.0 Å². The smallest absolute Gasteiger partial charge is 0.165 e. The summed E-state index contributed by atoms with van der Waals surface area (Å²) < 4.78 is 7.77. The summed E-state index contributed by atoms with van der Waals surface area (Å²) in [6.07, 6.45) is 7.41. The third-order valence-electron chi connectivity index (χ3n) is 3.37. The first-order chi connectivity index (χ1) is 9.83. The predicted molar refractivity (Wildman–Crippen MR) is 78.9 cm³/mol. The second-order valence-electron chi connectivity index (χ2n) is 5.34. The van der Waals surface area contributed by atoms with Gasteiger partial charge in [-0.25, -0.2) is 0 Å². The average molecular weight is 271 g/mol.